The smallest absolute Gasteiger partial charge is 0.381 e. The molecule has 77 heavy (non-hydrogen) atoms. The minimum atomic E-state index is -4.80. The van der Waals surface area contributed by atoms with Gasteiger partial charge in [-0.25, -0.2) is 21.9 Å². The van der Waals surface area contributed by atoms with E-state index in [1.54, 1.807) is 54.5 Å². The van der Waals surface area contributed by atoms with Gasteiger partial charge in [0.25, 0.3) is 0 Å². The maximum atomic E-state index is 14.5. The van der Waals surface area contributed by atoms with Gasteiger partial charge in [-0.2, -0.15) is 37.2 Å². The standard InChI is InChI=1S/C22H22ClF4N3O2S.C17H15ClF4N2OS.C5H7NO.C4H8O.C4H9.CH4.Li/c1-13-7-18(32-29-13)11-21(30-33(31)20(2,3)4,19-6-5-16(23)12-28-19)14-8-15(22(25,26)27)10-17(24)9-14;1-16(2,3)26(25)24-15(14-5-4-12(18)9-23-14)10-6-11(17(20,21)22)8-13(19)7-10;1-4-3-5(2)7-6-4;1-2-4-5-3-1;1-3-4-2;;/h5-10,12,30H,11H2,1-4H3;4-9H,1-3H3;3H,1-2H3;1-4H2;1,3-4H2,2H3;1H4;/q;;;;-1;;+1/t21-,33-;26-;;;;;/m01...../s1. The third-order valence-corrected chi connectivity index (χ3v) is 13.4. The van der Waals surface area contributed by atoms with Crippen molar-refractivity contribution in [3.63, 3.8) is 0 Å². The van der Waals surface area contributed by atoms with E-state index in [2.05, 4.69) is 43.2 Å². The molecule has 6 aromatic rings. The summed E-state index contributed by atoms with van der Waals surface area (Å²) < 4.78 is 154. The van der Waals surface area contributed by atoms with Gasteiger partial charge < -0.3 is 20.7 Å². The van der Waals surface area contributed by atoms with Crippen molar-refractivity contribution in [2.45, 2.75) is 136 Å². The van der Waals surface area contributed by atoms with E-state index in [-0.39, 0.29) is 71.7 Å². The number of pyridine rings is 2. The number of aryl methyl sites for hydroxylation is 3. The Morgan fingerprint density at radius 1 is 0.714 bits per heavy atom. The molecule has 3 atom stereocenters. The van der Waals surface area contributed by atoms with Crippen molar-refractivity contribution in [1.82, 2.24) is 25.0 Å². The van der Waals surface area contributed by atoms with Crippen molar-refractivity contribution in [1.29, 1.82) is 0 Å². The van der Waals surface area contributed by atoms with E-state index in [0.29, 0.717) is 22.8 Å². The maximum absolute atomic E-state index is 14.5. The minimum Gasteiger partial charge on any atom is -0.381 e. The number of rotatable bonds is 10. The second-order valence-corrected chi connectivity index (χ2v) is 23.5. The Balaban J connectivity index is 0.000000591. The molecule has 5 heterocycles. The molecule has 420 valence electrons. The molecule has 1 aliphatic rings. The van der Waals surface area contributed by atoms with Gasteiger partial charge in [0.05, 0.1) is 64.4 Å². The number of nitrogens with one attached hydrogen (secondary N) is 1. The minimum absolute atomic E-state index is 0. The van der Waals surface area contributed by atoms with Crippen LogP contribution in [-0.2, 0) is 51.0 Å². The summed E-state index contributed by atoms with van der Waals surface area (Å²) >= 11 is 11.8. The normalized spacial score (nSPS) is 14.2. The molecule has 1 N–H and O–H groups in total. The Bertz CT molecular complexity index is 2790. The fraction of sp³-hybridized carbons (Fsp3) is 0.434. The van der Waals surface area contributed by atoms with Crippen molar-refractivity contribution in [3.05, 3.63) is 170 Å². The van der Waals surface area contributed by atoms with Crippen molar-refractivity contribution in [2.75, 3.05) is 13.2 Å². The van der Waals surface area contributed by atoms with Crippen molar-refractivity contribution < 1.29 is 76.2 Å². The number of halogens is 10. The zero-order chi connectivity index (χ0) is 56.5. The van der Waals surface area contributed by atoms with E-state index in [1.165, 1.54) is 55.9 Å². The zero-order valence-corrected chi connectivity index (χ0v) is 47.3. The van der Waals surface area contributed by atoms with Gasteiger partial charge in [0.1, 0.15) is 45.4 Å². The van der Waals surface area contributed by atoms with E-state index in [0.717, 1.165) is 55.4 Å². The van der Waals surface area contributed by atoms with Crippen LogP contribution in [0, 0.1) is 39.3 Å². The number of aromatic nitrogens is 4. The summed E-state index contributed by atoms with van der Waals surface area (Å²) in [6, 6.07) is 13.5. The first-order valence-corrected chi connectivity index (χ1v) is 26.2. The van der Waals surface area contributed by atoms with E-state index < -0.39 is 72.1 Å². The molecular weight excluding hydrogens is 1090 g/mol. The van der Waals surface area contributed by atoms with Gasteiger partial charge in [0.15, 0.2) is 0 Å². The first-order valence-electron chi connectivity index (χ1n) is 23.2. The third kappa shape index (κ3) is 23.5. The van der Waals surface area contributed by atoms with Crippen LogP contribution in [0.15, 0.2) is 98.6 Å². The Hall–Kier alpha value is -4.33. The van der Waals surface area contributed by atoms with E-state index in [9.17, 15) is 43.5 Å². The second-order valence-electron chi connectivity index (χ2n) is 18.7. The fourth-order valence-corrected chi connectivity index (χ4v) is 7.84. The topological polar surface area (TPSA) is 146 Å². The van der Waals surface area contributed by atoms with Crippen LogP contribution in [0.3, 0.4) is 0 Å². The molecule has 1 aliphatic heterocycles. The van der Waals surface area contributed by atoms with Crippen LogP contribution in [0.5, 0.6) is 0 Å². The molecule has 0 saturated carbocycles. The molecule has 0 unspecified atom stereocenters. The Morgan fingerprint density at radius 3 is 1.61 bits per heavy atom. The van der Waals surface area contributed by atoms with Gasteiger partial charge >= 0.3 is 31.2 Å². The first kappa shape index (κ1) is 70.7. The number of benzene rings is 2. The molecule has 4 aromatic heterocycles. The van der Waals surface area contributed by atoms with Gasteiger partial charge in [0.2, 0.25) is 0 Å². The molecule has 1 fully saturated rings. The molecule has 7 rings (SSSR count). The van der Waals surface area contributed by atoms with E-state index in [1.807, 2.05) is 19.9 Å². The van der Waals surface area contributed by atoms with E-state index >= 15 is 0 Å². The summed E-state index contributed by atoms with van der Waals surface area (Å²) in [5.74, 6) is -1.04. The average molecular weight is 1160 g/mol. The van der Waals surface area contributed by atoms with Crippen LogP contribution in [0.1, 0.15) is 138 Å². The van der Waals surface area contributed by atoms with Crippen LogP contribution >= 0.6 is 23.2 Å². The monoisotopic (exact) mass is 1160 g/mol. The molecule has 0 amide bonds. The molecule has 0 spiro atoms. The predicted octanol–water partition coefficient (Wildman–Crippen LogP) is 12.3. The summed E-state index contributed by atoms with van der Waals surface area (Å²) in [4.78, 5) is 8.30. The van der Waals surface area contributed by atoms with Crippen LogP contribution in [0.2, 0.25) is 10.0 Å². The van der Waals surface area contributed by atoms with Crippen molar-refractivity contribution in [3.8, 4) is 0 Å². The molecule has 11 nitrogen and oxygen atoms in total. The largest absolute Gasteiger partial charge is 1.00 e. The molecule has 0 bridgehead atoms. The predicted molar refractivity (Wildman–Crippen MR) is 285 cm³/mol. The number of hydrogen-bond donors (Lipinski definition) is 1. The SMILES string of the molecule is C.C1CCOC1.CC(C)(C)[S@@](=O)N=C(c1cc(F)cc(C(F)(F)F)c1)c1ccc(Cl)cn1.Cc1cc(C)on1.Cc1cc(C[C@](N[S@@](=O)C(C)(C)C)(c2cc(F)cc(C(F)(F)F)c2)c2ccc(Cl)cn2)on1.[CH2-]CCC.[Li+]. The summed E-state index contributed by atoms with van der Waals surface area (Å²) in [5, 5.41) is 8.06. The van der Waals surface area contributed by atoms with Gasteiger partial charge in [0, 0.05) is 49.7 Å². The third-order valence-electron chi connectivity index (χ3n) is 9.92. The Labute approximate surface area is 473 Å². The van der Waals surface area contributed by atoms with Gasteiger partial charge in [-0.05, 0) is 141 Å². The molecule has 0 aliphatic carbocycles. The quantitative estimate of drug-likeness (QED) is 0.0613. The van der Waals surface area contributed by atoms with E-state index in [4.69, 9.17) is 37.0 Å². The Kier molecular flexibility index (Phi) is 28.9. The summed E-state index contributed by atoms with van der Waals surface area (Å²) in [7, 11) is -3.60. The Morgan fingerprint density at radius 2 is 1.22 bits per heavy atom. The molecule has 2 aromatic carbocycles. The van der Waals surface area contributed by atoms with Crippen LogP contribution < -0.4 is 23.6 Å². The summed E-state index contributed by atoms with van der Waals surface area (Å²) in [6.45, 7) is 23.2. The number of nitrogens with zero attached hydrogens (tertiary/aromatic N) is 5. The first-order chi connectivity index (χ1) is 34.8. The molecule has 0 radical (unpaired) electrons. The molecular formula is C53H65Cl2F8LiN6O5S2. The number of unbranched alkanes of at least 4 members (excludes halogenated alkanes) is 1. The second kappa shape index (κ2) is 31.5. The van der Waals surface area contributed by atoms with Crippen LogP contribution in [0.4, 0.5) is 35.1 Å². The van der Waals surface area contributed by atoms with Crippen molar-refractivity contribution in [2.24, 2.45) is 4.40 Å². The van der Waals surface area contributed by atoms with Gasteiger partial charge in [-0.3, -0.25) is 9.97 Å². The molecule has 1 saturated heterocycles. The summed E-state index contributed by atoms with van der Waals surface area (Å²) in [6.07, 6.45) is -2.27. The van der Waals surface area contributed by atoms with Gasteiger partial charge in [-0.15, -0.1) is 0 Å². The van der Waals surface area contributed by atoms with Crippen LogP contribution in [0.25, 0.3) is 0 Å². The number of hydrogen-bond acceptors (Lipinski definition) is 9. The van der Waals surface area contributed by atoms with Crippen molar-refractivity contribution >= 4 is 50.9 Å². The average Bonchev–Trinajstić information content (AvgIpc) is 4.12. The summed E-state index contributed by atoms with van der Waals surface area (Å²) in [5.41, 5.74) is -2.66. The van der Waals surface area contributed by atoms with Crippen LogP contribution in [-0.4, -0.2) is 57.1 Å². The maximum Gasteiger partial charge on any atom is 1.00 e. The number of alkyl halides is 6. The fourth-order valence-electron chi connectivity index (χ4n) is 6.06. The van der Waals surface area contributed by atoms with Gasteiger partial charge in [-0.1, -0.05) is 54.3 Å². The zero-order valence-electron chi connectivity index (χ0n) is 44.1. The molecule has 24 heteroatoms. The number of ether oxygens (including phenoxy) is 1.